The Bertz CT molecular complexity index is 1060. The fraction of sp³-hybridized carbons (Fsp3) is 0.450. The minimum absolute atomic E-state index is 0.0702. The van der Waals surface area contributed by atoms with Crippen LogP contribution in [0.2, 0.25) is 0 Å². The first-order valence-electron chi connectivity index (χ1n) is 9.99. The van der Waals surface area contributed by atoms with Crippen LogP contribution in [-0.2, 0) is 19.4 Å². The van der Waals surface area contributed by atoms with Crippen molar-refractivity contribution in [1.29, 1.82) is 0 Å². The maximum absolute atomic E-state index is 14.3. The smallest absolute Gasteiger partial charge is 0.474 e. The van der Waals surface area contributed by atoms with Crippen molar-refractivity contribution in [2.45, 2.75) is 43.8 Å². The van der Waals surface area contributed by atoms with Gasteiger partial charge in [0.15, 0.2) is 9.84 Å². The Balaban J connectivity index is 1.55. The van der Waals surface area contributed by atoms with Crippen molar-refractivity contribution in [3.8, 4) is 5.88 Å². The summed E-state index contributed by atoms with van der Waals surface area (Å²) < 4.78 is 48.2. The third-order valence-electron chi connectivity index (χ3n) is 4.50. The van der Waals surface area contributed by atoms with Gasteiger partial charge < -0.3 is 19.6 Å². The zero-order valence-corrected chi connectivity index (χ0v) is 18.8. The summed E-state index contributed by atoms with van der Waals surface area (Å²) in [7, 11) is -3.51. The first-order valence-corrected chi connectivity index (χ1v) is 11.9. The minimum Gasteiger partial charge on any atom is -0.474 e. The van der Waals surface area contributed by atoms with Crippen LogP contribution in [0, 0.1) is 5.82 Å². The lowest BCUT2D eigenvalue weighted by molar-refractivity contribution is -0.151. The van der Waals surface area contributed by atoms with Gasteiger partial charge in [0.2, 0.25) is 5.88 Å². The number of carbonyl (C=O) groups excluding carboxylic acids is 1. The fourth-order valence-electron chi connectivity index (χ4n) is 2.97. The van der Waals surface area contributed by atoms with Crippen LogP contribution < -0.4 is 10.1 Å². The van der Waals surface area contributed by atoms with E-state index >= 15 is 0 Å². The first kappa shape index (κ1) is 23.7. The fourth-order valence-corrected chi connectivity index (χ4v) is 3.60. The van der Waals surface area contributed by atoms with Gasteiger partial charge in [-0.25, -0.2) is 27.6 Å². The summed E-state index contributed by atoms with van der Waals surface area (Å²) >= 11 is 0. The molecule has 32 heavy (non-hydrogen) atoms. The molecule has 2 heterocycles. The lowest BCUT2D eigenvalue weighted by Gasteiger charge is -2.30. The van der Waals surface area contributed by atoms with Gasteiger partial charge in [-0.1, -0.05) is 0 Å². The predicted octanol–water partition coefficient (Wildman–Crippen LogP) is 3.08. The molecule has 0 spiro atoms. The van der Waals surface area contributed by atoms with Crippen molar-refractivity contribution in [2.24, 2.45) is 0 Å². The second kappa shape index (κ2) is 10.1. The van der Waals surface area contributed by atoms with Crippen molar-refractivity contribution in [3.63, 3.8) is 0 Å². The maximum atomic E-state index is 14.3. The second-order valence-corrected chi connectivity index (χ2v) is 9.55. The number of nitrogens with one attached hydrogen (secondary N) is 1. The Morgan fingerprint density at radius 2 is 1.94 bits per heavy atom. The molecule has 0 bridgehead atoms. The van der Waals surface area contributed by atoms with Gasteiger partial charge in [-0.2, -0.15) is 0 Å². The SMILES string of the molecule is CC(C)OC(=O)ON1CCC(Oc2cc(Nc3ccc(S(C)(=O)=O)cc3F)ncn2)CC1. The molecule has 1 aromatic carbocycles. The Hall–Kier alpha value is -2.99. The standard InChI is InChI=1S/C20H25FN4O6S/c1-13(2)29-20(26)31-25-8-6-14(7-9-25)30-19-11-18(22-12-23-19)24-17-5-4-15(10-16(17)21)32(3,27)28/h4-5,10-14H,6-9H2,1-3H3,(H,22,23,24). The highest BCUT2D eigenvalue weighted by molar-refractivity contribution is 7.90. The Morgan fingerprint density at radius 3 is 2.56 bits per heavy atom. The molecular formula is C20H25FN4O6S. The lowest BCUT2D eigenvalue weighted by Crippen LogP contribution is -2.40. The molecule has 10 nitrogen and oxygen atoms in total. The molecule has 174 valence electrons. The number of nitrogens with zero attached hydrogens (tertiary/aromatic N) is 3. The van der Waals surface area contributed by atoms with E-state index in [2.05, 4.69) is 15.3 Å². The molecule has 1 N–H and O–H groups in total. The molecular weight excluding hydrogens is 443 g/mol. The highest BCUT2D eigenvalue weighted by Gasteiger charge is 2.24. The van der Waals surface area contributed by atoms with E-state index in [9.17, 15) is 17.6 Å². The zero-order valence-electron chi connectivity index (χ0n) is 17.9. The molecule has 0 saturated carbocycles. The van der Waals surface area contributed by atoms with Gasteiger partial charge in [0.1, 0.15) is 24.1 Å². The van der Waals surface area contributed by atoms with E-state index in [1.165, 1.54) is 29.6 Å². The van der Waals surface area contributed by atoms with E-state index in [0.29, 0.717) is 37.6 Å². The van der Waals surface area contributed by atoms with Gasteiger partial charge in [-0.15, -0.1) is 5.06 Å². The Labute approximate surface area is 185 Å². The molecule has 1 saturated heterocycles. The quantitative estimate of drug-likeness (QED) is 0.607. The van der Waals surface area contributed by atoms with E-state index in [1.807, 2.05) is 0 Å². The average Bonchev–Trinajstić information content (AvgIpc) is 2.70. The number of hydrogen-bond donors (Lipinski definition) is 1. The van der Waals surface area contributed by atoms with E-state index in [0.717, 1.165) is 12.3 Å². The van der Waals surface area contributed by atoms with E-state index in [-0.39, 0.29) is 22.8 Å². The largest absolute Gasteiger partial charge is 0.528 e. The molecule has 1 aliphatic rings. The van der Waals surface area contributed by atoms with E-state index in [1.54, 1.807) is 13.8 Å². The summed E-state index contributed by atoms with van der Waals surface area (Å²) in [5.41, 5.74) is 0.0702. The third kappa shape index (κ3) is 6.76. The lowest BCUT2D eigenvalue weighted by atomic mass is 10.1. The van der Waals surface area contributed by atoms with Gasteiger partial charge in [0, 0.05) is 38.3 Å². The summed E-state index contributed by atoms with van der Waals surface area (Å²) in [6, 6.07) is 5.11. The summed E-state index contributed by atoms with van der Waals surface area (Å²) in [4.78, 5) is 24.7. The zero-order chi connectivity index (χ0) is 23.3. The van der Waals surface area contributed by atoms with Crippen LogP contribution in [0.4, 0.5) is 20.7 Å². The van der Waals surface area contributed by atoms with E-state index in [4.69, 9.17) is 14.3 Å². The molecule has 0 atom stereocenters. The number of hydroxylamine groups is 2. The van der Waals surface area contributed by atoms with Gasteiger partial charge in [-0.05, 0) is 32.0 Å². The topological polar surface area (TPSA) is 120 Å². The second-order valence-electron chi connectivity index (χ2n) is 7.53. The Morgan fingerprint density at radius 1 is 1.22 bits per heavy atom. The molecule has 2 aromatic rings. The molecule has 0 amide bonds. The van der Waals surface area contributed by atoms with Crippen molar-refractivity contribution in [1.82, 2.24) is 15.0 Å². The molecule has 0 unspecified atom stereocenters. The minimum atomic E-state index is -3.51. The van der Waals surface area contributed by atoms with Gasteiger partial charge >= 0.3 is 6.16 Å². The van der Waals surface area contributed by atoms with Gasteiger partial charge in [0.05, 0.1) is 16.7 Å². The molecule has 1 aliphatic heterocycles. The molecule has 0 radical (unpaired) electrons. The first-order chi connectivity index (χ1) is 15.1. The van der Waals surface area contributed by atoms with Crippen molar-refractivity contribution in [3.05, 3.63) is 36.4 Å². The van der Waals surface area contributed by atoms with Crippen molar-refractivity contribution < 1.29 is 31.9 Å². The Kier molecular flexibility index (Phi) is 7.46. The molecule has 1 aromatic heterocycles. The third-order valence-corrected chi connectivity index (χ3v) is 5.61. The number of ether oxygens (including phenoxy) is 2. The average molecular weight is 469 g/mol. The summed E-state index contributed by atoms with van der Waals surface area (Å²) in [6.45, 7) is 4.44. The van der Waals surface area contributed by atoms with Crippen molar-refractivity contribution >= 4 is 27.5 Å². The number of sulfone groups is 1. The number of aromatic nitrogens is 2. The summed E-state index contributed by atoms with van der Waals surface area (Å²) in [5, 5.41) is 4.32. The van der Waals surface area contributed by atoms with Crippen molar-refractivity contribution in [2.75, 3.05) is 24.7 Å². The predicted molar refractivity (Wildman–Crippen MR) is 113 cm³/mol. The molecule has 3 rings (SSSR count). The van der Waals surface area contributed by atoms with Crippen LogP contribution in [-0.4, -0.2) is 61.2 Å². The highest BCUT2D eigenvalue weighted by atomic mass is 32.2. The number of benzene rings is 1. The van der Waals surface area contributed by atoms with Crippen LogP contribution in [0.3, 0.4) is 0 Å². The number of rotatable bonds is 7. The van der Waals surface area contributed by atoms with E-state index < -0.39 is 21.8 Å². The number of halogens is 1. The highest BCUT2D eigenvalue weighted by Crippen LogP contribution is 2.24. The monoisotopic (exact) mass is 468 g/mol. The van der Waals surface area contributed by atoms with Crippen LogP contribution in [0.1, 0.15) is 26.7 Å². The van der Waals surface area contributed by atoms with Crippen LogP contribution >= 0.6 is 0 Å². The van der Waals surface area contributed by atoms with Crippen LogP contribution in [0.5, 0.6) is 5.88 Å². The number of carbonyl (C=O) groups is 1. The molecule has 1 fully saturated rings. The van der Waals surface area contributed by atoms with Gasteiger partial charge in [0.25, 0.3) is 0 Å². The normalized spacial score (nSPS) is 15.4. The number of anilines is 2. The van der Waals surface area contributed by atoms with Crippen LogP contribution in [0.15, 0.2) is 35.5 Å². The molecule has 12 heteroatoms. The van der Waals surface area contributed by atoms with Gasteiger partial charge in [-0.3, -0.25) is 0 Å². The van der Waals surface area contributed by atoms with Crippen LogP contribution in [0.25, 0.3) is 0 Å². The summed E-state index contributed by atoms with van der Waals surface area (Å²) in [5.74, 6) is -0.134. The molecule has 0 aliphatic carbocycles. The summed E-state index contributed by atoms with van der Waals surface area (Å²) in [6.07, 6.45) is 2.35. The maximum Gasteiger partial charge on any atom is 0.528 e. The number of piperidine rings is 1. The number of hydrogen-bond acceptors (Lipinski definition) is 10.